The number of unbranched alkanes of at least 4 members (excludes halogenated alkanes) is 1. The first kappa shape index (κ1) is 14.2. The molecule has 0 spiro atoms. The van der Waals surface area contributed by atoms with Crippen LogP contribution < -0.4 is 0 Å². The van der Waals surface area contributed by atoms with E-state index in [2.05, 4.69) is 15.4 Å². The molecule has 0 bridgehead atoms. The highest BCUT2D eigenvalue weighted by Gasteiger charge is 2.03. The number of carboxylic acids is 1. The molecule has 0 amide bonds. The Morgan fingerprint density at radius 3 is 2.85 bits per heavy atom. The molecule has 0 saturated heterocycles. The van der Waals surface area contributed by atoms with Crippen LogP contribution in [0.2, 0.25) is 0 Å². The number of hydrogen-bond donors (Lipinski definition) is 1. The summed E-state index contributed by atoms with van der Waals surface area (Å²) in [5.41, 5.74) is 2.09. The fourth-order valence-corrected chi connectivity index (χ4v) is 1.99. The van der Waals surface area contributed by atoms with Gasteiger partial charge >= 0.3 is 5.97 Å². The highest BCUT2D eigenvalue weighted by Crippen LogP contribution is 2.05. The molecule has 0 fully saturated rings. The van der Waals surface area contributed by atoms with Gasteiger partial charge < -0.3 is 5.11 Å². The van der Waals surface area contributed by atoms with Crippen molar-refractivity contribution in [3.63, 3.8) is 0 Å². The molecule has 0 unspecified atom stereocenters. The van der Waals surface area contributed by atoms with E-state index in [0.29, 0.717) is 6.42 Å². The zero-order valence-electron chi connectivity index (χ0n) is 11.6. The normalized spacial score (nSPS) is 10.8. The number of aliphatic carboxylic acids is 1. The van der Waals surface area contributed by atoms with Crippen LogP contribution in [0.25, 0.3) is 0 Å². The van der Waals surface area contributed by atoms with Crippen molar-refractivity contribution in [1.29, 1.82) is 0 Å². The van der Waals surface area contributed by atoms with E-state index in [9.17, 15) is 4.79 Å². The molecule has 0 radical (unpaired) electrons. The van der Waals surface area contributed by atoms with E-state index in [0.717, 1.165) is 31.5 Å². The first-order valence-electron chi connectivity index (χ1n) is 6.72. The molecule has 0 aliphatic rings. The maximum absolute atomic E-state index is 10.4. The van der Waals surface area contributed by atoms with Crippen LogP contribution in [-0.4, -0.2) is 35.9 Å². The second kappa shape index (κ2) is 6.83. The Bertz CT molecular complexity index is 561. The van der Waals surface area contributed by atoms with Gasteiger partial charge in [0.15, 0.2) is 0 Å². The van der Waals surface area contributed by atoms with Crippen LogP contribution in [0.4, 0.5) is 0 Å². The second-order valence-corrected chi connectivity index (χ2v) is 4.85. The Morgan fingerprint density at radius 2 is 2.15 bits per heavy atom. The molecule has 0 saturated carbocycles. The third kappa shape index (κ3) is 4.49. The Labute approximate surface area is 117 Å². The van der Waals surface area contributed by atoms with Crippen LogP contribution in [-0.2, 0) is 31.2 Å². The first-order valence-corrected chi connectivity index (χ1v) is 6.72. The van der Waals surface area contributed by atoms with E-state index in [1.165, 1.54) is 5.56 Å². The largest absolute Gasteiger partial charge is 0.481 e. The lowest BCUT2D eigenvalue weighted by molar-refractivity contribution is -0.137. The Kier molecular flexibility index (Phi) is 4.86. The molecule has 2 aromatic rings. The van der Waals surface area contributed by atoms with Gasteiger partial charge in [0.25, 0.3) is 0 Å². The van der Waals surface area contributed by atoms with Crippen molar-refractivity contribution >= 4 is 5.97 Å². The maximum atomic E-state index is 10.4. The van der Waals surface area contributed by atoms with E-state index in [4.69, 9.17) is 5.11 Å². The van der Waals surface area contributed by atoms with Crippen molar-refractivity contribution in [1.82, 2.24) is 24.8 Å². The van der Waals surface area contributed by atoms with Gasteiger partial charge in [-0.05, 0) is 31.2 Å². The van der Waals surface area contributed by atoms with Crippen LogP contribution in [0, 0.1) is 0 Å². The summed E-state index contributed by atoms with van der Waals surface area (Å²) >= 11 is 0. The van der Waals surface area contributed by atoms with Crippen molar-refractivity contribution < 1.29 is 9.90 Å². The molecule has 20 heavy (non-hydrogen) atoms. The Hall–Kier alpha value is -2.18. The second-order valence-electron chi connectivity index (χ2n) is 4.85. The first-order chi connectivity index (χ1) is 9.63. The van der Waals surface area contributed by atoms with Gasteiger partial charge in [0, 0.05) is 32.4 Å². The molecule has 2 rings (SSSR count). The molecular formula is C13H19N5O2. The summed E-state index contributed by atoms with van der Waals surface area (Å²) < 4.78 is 3.60. The summed E-state index contributed by atoms with van der Waals surface area (Å²) in [5.74, 6) is -0.745. The van der Waals surface area contributed by atoms with Crippen LogP contribution in [0.15, 0.2) is 18.6 Å². The molecule has 108 valence electrons. The van der Waals surface area contributed by atoms with Gasteiger partial charge in [-0.15, -0.1) is 5.10 Å². The topological polar surface area (TPSA) is 85.8 Å². The monoisotopic (exact) mass is 277 g/mol. The van der Waals surface area contributed by atoms with E-state index >= 15 is 0 Å². The van der Waals surface area contributed by atoms with Crippen molar-refractivity contribution in [2.45, 2.75) is 38.6 Å². The Balaban J connectivity index is 1.73. The summed E-state index contributed by atoms with van der Waals surface area (Å²) in [7, 11) is 1.90. The summed E-state index contributed by atoms with van der Waals surface area (Å²) in [5, 5.41) is 20.8. The van der Waals surface area contributed by atoms with Gasteiger partial charge in [0.2, 0.25) is 0 Å². The lowest BCUT2D eigenvalue weighted by atomic mass is 10.1. The van der Waals surface area contributed by atoms with E-state index in [1.807, 2.05) is 30.3 Å². The lowest BCUT2D eigenvalue weighted by Gasteiger charge is -1.97. The minimum Gasteiger partial charge on any atom is -0.481 e. The van der Waals surface area contributed by atoms with Crippen LogP contribution >= 0.6 is 0 Å². The molecule has 2 aromatic heterocycles. The summed E-state index contributed by atoms with van der Waals surface area (Å²) in [6.07, 6.45) is 9.14. The van der Waals surface area contributed by atoms with Crippen LogP contribution in [0.5, 0.6) is 0 Å². The Morgan fingerprint density at radius 1 is 1.30 bits per heavy atom. The molecule has 7 nitrogen and oxygen atoms in total. The molecule has 0 atom stereocenters. The van der Waals surface area contributed by atoms with Crippen LogP contribution in [0.3, 0.4) is 0 Å². The molecule has 0 aliphatic carbocycles. The standard InChI is InChI=1S/C13H19N5O2/c1-17-9-11(8-14-17)6-7-18-10-12(15-16-18)4-2-3-5-13(19)20/h8-10H,2-7H2,1H3,(H,19,20). The van der Waals surface area contributed by atoms with Gasteiger partial charge in [0.1, 0.15) is 0 Å². The number of hydrogen-bond acceptors (Lipinski definition) is 4. The van der Waals surface area contributed by atoms with E-state index in [-0.39, 0.29) is 6.42 Å². The number of carboxylic acid groups (broad SMARTS) is 1. The average molecular weight is 277 g/mol. The van der Waals surface area contributed by atoms with Crippen molar-refractivity contribution in [3.8, 4) is 0 Å². The molecule has 7 heteroatoms. The zero-order chi connectivity index (χ0) is 14.4. The maximum Gasteiger partial charge on any atom is 0.303 e. The van der Waals surface area contributed by atoms with Gasteiger partial charge in [0.05, 0.1) is 11.9 Å². The number of carbonyl (C=O) groups is 1. The minimum absolute atomic E-state index is 0.217. The van der Waals surface area contributed by atoms with E-state index < -0.39 is 5.97 Å². The van der Waals surface area contributed by atoms with Crippen molar-refractivity contribution in [2.75, 3.05) is 0 Å². The average Bonchev–Trinajstić information content (AvgIpc) is 3.01. The molecular weight excluding hydrogens is 258 g/mol. The van der Waals surface area contributed by atoms with Crippen molar-refractivity contribution in [2.24, 2.45) is 7.05 Å². The van der Waals surface area contributed by atoms with Crippen LogP contribution in [0.1, 0.15) is 30.5 Å². The zero-order valence-corrected chi connectivity index (χ0v) is 11.6. The summed E-state index contributed by atoms with van der Waals surface area (Å²) in [6, 6.07) is 0. The predicted molar refractivity (Wildman–Crippen MR) is 72.1 cm³/mol. The third-order valence-electron chi connectivity index (χ3n) is 3.05. The quantitative estimate of drug-likeness (QED) is 0.729. The SMILES string of the molecule is Cn1cc(CCn2cc(CCCCC(=O)O)nn2)cn1. The molecule has 2 heterocycles. The highest BCUT2D eigenvalue weighted by atomic mass is 16.4. The number of nitrogens with zero attached hydrogens (tertiary/aromatic N) is 5. The minimum atomic E-state index is -0.745. The van der Waals surface area contributed by atoms with Crippen molar-refractivity contribution in [3.05, 3.63) is 29.8 Å². The molecule has 0 aliphatic heterocycles. The van der Waals surface area contributed by atoms with Gasteiger partial charge in [-0.2, -0.15) is 5.10 Å². The fraction of sp³-hybridized carbons (Fsp3) is 0.538. The molecule has 1 N–H and O–H groups in total. The smallest absolute Gasteiger partial charge is 0.303 e. The molecule has 0 aromatic carbocycles. The number of aryl methyl sites for hydroxylation is 4. The van der Waals surface area contributed by atoms with Gasteiger partial charge in [-0.3, -0.25) is 14.2 Å². The number of aromatic nitrogens is 5. The lowest BCUT2D eigenvalue weighted by Crippen LogP contribution is -2.01. The predicted octanol–water partition coefficient (Wildman–Crippen LogP) is 1.05. The third-order valence-corrected chi connectivity index (χ3v) is 3.05. The van der Waals surface area contributed by atoms with Gasteiger partial charge in [-0.25, -0.2) is 0 Å². The summed E-state index contributed by atoms with van der Waals surface area (Å²) in [4.78, 5) is 10.4. The number of rotatable bonds is 8. The highest BCUT2D eigenvalue weighted by molar-refractivity contribution is 5.66. The van der Waals surface area contributed by atoms with Gasteiger partial charge in [-0.1, -0.05) is 5.21 Å². The summed E-state index contributed by atoms with van der Waals surface area (Å²) in [6.45, 7) is 0.772. The fourth-order valence-electron chi connectivity index (χ4n) is 1.99. The van der Waals surface area contributed by atoms with E-state index in [1.54, 1.807) is 4.68 Å².